The Kier molecular flexibility index (Phi) is 48.8. The van der Waals surface area contributed by atoms with Crippen LogP contribution in [0.15, 0.2) is 36.5 Å². The molecule has 0 aromatic heterocycles. The number of carbonyl (C=O) groups is 2. The molecular formula is C63H117NO10. The van der Waals surface area contributed by atoms with Crippen LogP contribution in [0, 0.1) is 0 Å². The molecule has 1 aliphatic rings. The van der Waals surface area contributed by atoms with Crippen LogP contribution in [0.4, 0.5) is 0 Å². The van der Waals surface area contributed by atoms with Crippen molar-refractivity contribution in [3.8, 4) is 0 Å². The summed E-state index contributed by atoms with van der Waals surface area (Å²) in [7, 11) is 0. The van der Waals surface area contributed by atoms with Crippen LogP contribution in [0.3, 0.4) is 0 Å². The highest BCUT2D eigenvalue weighted by molar-refractivity contribution is 5.81. The fourth-order valence-corrected chi connectivity index (χ4v) is 9.81. The van der Waals surface area contributed by atoms with Crippen LogP contribution in [-0.2, 0) is 23.8 Å². The molecule has 0 aromatic rings. The number of hydrogen-bond acceptors (Lipinski definition) is 10. The monoisotopic (exact) mass is 1050 g/mol. The summed E-state index contributed by atoms with van der Waals surface area (Å²) in [6, 6.07) is -1.05. The minimum Gasteiger partial charge on any atom is -0.454 e. The molecule has 1 rings (SSSR count). The summed E-state index contributed by atoms with van der Waals surface area (Å²) in [6.45, 7) is 5.76. The lowest BCUT2D eigenvalue weighted by molar-refractivity contribution is -0.305. The molecule has 0 spiro atoms. The number of esters is 1. The van der Waals surface area contributed by atoms with Gasteiger partial charge in [0.15, 0.2) is 12.4 Å². The van der Waals surface area contributed by atoms with Gasteiger partial charge in [0.1, 0.15) is 24.4 Å². The molecule has 0 bridgehead atoms. The second-order valence-corrected chi connectivity index (χ2v) is 21.8. The van der Waals surface area contributed by atoms with E-state index in [0.717, 1.165) is 44.9 Å². The minimum absolute atomic E-state index is 0.0843. The number of unbranched alkanes of at least 4 members (excludes halogenated alkanes) is 36. The molecule has 0 saturated carbocycles. The number of hydrogen-bond donors (Lipinski definition) is 6. The lowest BCUT2D eigenvalue weighted by Crippen LogP contribution is -2.61. The first kappa shape index (κ1) is 69.9. The minimum atomic E-state index is -1.62. The number of amides is 1. The average Bonchev–Trinajstić information content (AvgIpc) is 3.40. The van der Waals surface area contributed by atoms with Crippen molar-refractivity contribution in [2.75, 3.05) is 13.2 Å². The summed E-state index contributed by atoms with van der Waals surface area (Å²) < 4.78 is 17.6. The summed E-state index contributed by atoms with van der Waals surface area (Å²) in [5.41, 5.74) is 0. The fraction of sp³-hybridized carbons (Fsp3) is 0.873. The summed E-state index contributed by atoms with van der Waals surface area (Å²) >= 11 is 0. The number of ether oxygens (including phenoxy) is 3. The third-order valence-electron chi connectivity index (χ3n) is 14.8. The molecule has 8 atom stereocenters. The summed E-state index contributed by atoms with van der Waals surface area (Å²) in [5.74, 6) is -1.26. The molecule has 74 heavy (non-hydrogen) atoms. The van der Waals surface area contributed by atoms with Crippen LogP contribution < -0.4 is 5.32 Å². The van der Waals surface area contributed by atoms with Gasteiger partial charge in [-0.15, -0.1) is 0 Å². The van der Waals surface area contributed by atoms with Crippen molar-refractivity contribution in [2.24, 2.45) is 0 Å². The molecule has 0 aromatic carbocycles. The number of carbonyl (C=O) groups excluding carboxylic acids is 2. The van der Waals surface area contributed by atoms with Crippen LogP contribution in [0.2, 0.25) is 0 Å². The second kappa shape index (κ2) is 51.6. The third-order valence-corrected chi connectivity index (χ3v) is 14.8. The Morgan fingerprint density at radius 3 is 1.38 bits per heavy atom. The molecule has 1 saturated heterocycles. The van der Waals surface area contributed by atoms with Crippen molar-refractivity contribution in [3.63, 3.8) is 0 Å². The van der Waals surface area contributed by atoms with Crippen LogP contribution in [0.1, 0.15) is 290 Å². The van der Waals surface area contributed by atoms with Crippen molar-refractivity contribution in [2.45, 2.75) is 339 Å². The van der Waals surface area contributed by atoms with Gasteiger partial charge in [0, 0.05) is 12.8 Å². The van der Waals surface area contributed by atoms with E-state index in [-0.39, 0.29) is 19.4 Å². The number of allylic oxidation sites excluding steroid dienone is 4. The maximum absolute atomic E-state index is 13.3. The molecule has 1 heterocycles. The smallest absolute Gasteiger partial charge is 0.306 e. The van der Waals surface area contributed by atoms with Crippen molar-refractivity contribution < 1.29 is 49.3 Å². The van der Waals surface area contributed by atoms with Gasteiger partial charge >= 0.3 is 5.97 Å². The predicted octanol–water partition coefficient (Wildman–Crippen LogP) is 14.7. The van der Waals surface area contributed by atoms with E-state index in [1.165, 1.54) is 199 Å². The molecule has 1 amide bonds. The van der Waals surface area contributed by atoms with Gasteiger partial charge < -0.3 is 45.1 Å². The van der Waals surface area contributed by atoms with E-state index in [0.29, 0.717) is 12.8 Å². The van der Waals surface area contributed by atoms with Gasteiger partial charge in [-0.3, -0.25) is 9.59 Å². The molecule has 1 aliphatic heterocycles. The first-order valence-corrected chi connectivity index (χ1v) is 31.3. The molecule has 8 unspecified atom stereocenters. The Labute approximate surface area is 453 Å². The zero-order valence-corrected chi connectivity index (χ0v) is 48.0. The lowest BCUT2D eigenvalue weighted by Gasteiger charge is -2.41. The van der Waals surface area contributed by atoms with E-state index >= 15 is 0 Å². The fourth-order valence-electron chi connectivity index (χ4n) is 9.81. The summed E-state index contributed by atoms with van der Waals surface area (Å²) in [4.78, 5) is 26.5. The standard InChI is InChI=1S/C63H117NO10/c1-4-7-10-13-16-19-22-25-26-27-28-29-30-31-32-33-36-39-42-45-48-51-58(68)74-61-60(70)59(69)57(52-65)73-63(61)72-53-54(55(66)49-46-43-40-37-34-23-20-17-14-11-8-5-2)64-62(71)56(67)50-47-44-41-38-35-24-21-18-15-12-9-6-3/h35,38,44,46-47,49,54-57,59-61,63,65-67,69-70H,4-34,36-37,39-43,45,48,50-53H2,1-3H3,(H,64,71)/b38-35-,47-44+,49-46+. The number of aliphatic hydroxyl groups is 5. The molecule has 1 fully saturated rings. The Morgan fingerprint density at radius 2 is 0.932 bits per heavy atom. The molecule has 434 valence electrons. The highest BCUT2D eigenvalue weighted by atomic mass is 16.7. The summed E-state index contributed by atoms with van der Waals surface area (Å²) in [5, 5.41) is 56.8. The van der Waals surface area contributed by atoms with Gasteiger partial charge in [-0.2, -0.15) is 0 Å². The molecular weight excluding hydrogens is 931 g/mol. The third kappa shape index (κ3) is 39.3. The molecule has 6 N–H and O–H groups in total. The normalized spacial score (nSPS) is 19.5. The molecule has 11 nitrogen and oxygen atoms in total. The van der Waals surface area contributed by atoms with E-state index < -0.39 is 67.4 Å². The topological polar surface area (TPSA) is 175 Å². The Bertz CT molecular complexity index is 1340. The number of nitrogens with one attached hydrogen (secondary N) is 1. The zero-order chi connectivity index (χ0) is 54.0. The van der Waals surface area contributed by atoms with E-state index in [1.807, 2.05) is 12.2 Å². The zero-order valence-electron chi connectivity index (χ0n) is 48.0. The molecule has 0 aliphatic carbocycles. The van der Waals surface area contributed by atoms with Gasteiger partial charge in [0.2, 0.25) is 5.91 Å². The van der Waals surface area contributed by atoms with Gasteiger partial charge in [-0.25, -0.2) is 0 Å². The molecule has 11 heteroatoms. The lowest BCUT2D eigenvalue weighted by atomic mass is 9.99. The first-order chi connectivity index (χ1) is 36.2. The van der Waals surface area contributed by atoms with Gasteiger partial charge in [-0.1, -0.05) is 276 Å². The van der Waals surface area contributed by atoms with Crippen molar-refractivity contribution in [1.29, 1.82) is 0 Å². The number of rotatable bonds is 53. The van der Waals surface area contributed by atoms with E-state index in [4.69, 9.17) is 14.2 Å². The SMILES string of the molecule is CCCCCCCC/C=C\C/C=C/CC(O)C(=O)NC(COC1OC(CO)C(O)C(O)C1OC(=O)CCCCCCCCCCCCCCCCCCCCCCC)C(O)/C=C/CCCCCCCCCCCC. The van der Waals surface area contributed by atoms with Crippen molar-refractivity contribution in [1.82, 2.24) is 5.32 Å². The Balaban J connectivity index is 2.65. The predicted molar refractivity (Wildman–Crippen MR) is 306 cm³/mol. The van der Waals surface area contributed by atoms with Crippen molar-refractivity contribution in [3.05, 3.63) is 36.5 Å². The van der Waals surface area contributed by atoms with Crippen LogP contribution in [-0.4, -0.2) is 99.6 Å². The Morgan fingerprint density at radius 1 is 0.527 bits per heavy atom. The Hall–Kier alpha value is -2.12. The average molecular weight is 1050 g/mol. The maximum atomic E-state index is 13.3. The van der Waals surface area contributed by atoms with E-state index in [2.05, 4.69) is 38.2 Å². The van der Waals surface area contributed by atoms with Crippen LogP contribution in [0.5, 0.6) is 0 Å². The first-order valence-electron chi connectivity index (χ1n) is 31.3. The molecule has 0 radical (unpaired) electrons. The summed E-state index contributed by atoms with van der Waals surface area (Å²) in [6.07, 6.45) is 50.7. The highest BCUT2D eigenvalue weighted by Gasteiger charge is 2.47. The van der Waals surface area contributed by atoms with Gasteiger partial charge in [-0.05, 0) is 38.5 Å². The van der Waals surface area contributed by atoms with Crippen LogP contribution in [0.25, 0.3) is 0 Å². The highest BCUT2D eigenvalue weighted by Crippen LogP contribution is 2.26. The van der Waals surface area contributed by atoms with Gasteiger partial charge in [0.05, 0.1) is 25.4 Å². The van der Waals surface area contributed by atoms with Gasteiger partial charge in [0.25, 0.3) is 0 Å². The van der Waals surface area contributed by atoms with Crippen LogP contribution >= 0.6 is 0 Å². The quantitative estimate of drug-likeness (QED) is 0.0195. The van der Waals surface area contributed by atoms with E-state index in [9.17, 15) is 35.1 Å². The maximum Gasteiger partial charge on any atom is 0.306 e. The van der Waals surface area contributed by atoms with Crippen molar-refractivity contribution >= 4 is 11.9 Å². The second-order valence-electron chi connectivity index (χ2n) is 21.8. The number of aliphatic hydroxyl groups excluding tert-OH is 5. The largest absolute Gasteiger partial charge is 0.454 e. The van der Waals surface area contributed by atoms with E-state index in [1.54, 1.807) is 12.2 Å².